The lowest BCUT2D eigenvalue weighted by atomic mass is 10.0. The largest absolute Gasteiger partial charge is 0.481 e. The van der Waals surface area contributed by atoms with Crippen molar-refractivity contribution < 1.29 is 19.4 Å². The van der Waals surface area contributed by atoms with Crippen LogP contribution in [0.2, 0.25) is 0 Å². The minimum atomic E-state index is -1.35. The second-order valence-electron chi connectivity index (χ2n) is 5.31. The number of carboxylic acid groups (broad SMARTS) is 1. The van der Waals surface area contributed by atoms with Crippen LogP contribution in [-0.2, 0) is 20.6 Å². The molecule has 0 radical (unpaired) electrons. The number of carbonyl (C=O) groups is 1. The van der Waals surface area contributed by atoms with Crippen LogP contribution in [0.1, 0.15) is 22.6 Å². The summed E-state index contributed by atoms with van der Waals surface area (Å²) < 4.78 is 8.72. The highest BCUT2D eigenvalue weighted by Gasteiger charge is 2.30. The maximum Gasteiger partial charge on any atom is 0.314 e. The third-order valence-corrected chi connectivity index (χ3v) is 3.94. The van der Waals surface area contributed by atoms with Crippen molar-refractivity contribution in [1.82, 2.24) is 4.98 Å². The van der Waals surface area contributed by atoms with Crippen molar-refractivity contribution in [1.29, 1.82) is 0 Å². The van der Waals surface area contributed by atoms with Crippen LogP contribution < -0.4 is 10.5 Å². The van der Waals surface area contributed by atoms with Crippen LogP contribution in [0.3, 0.4) is 0 Å². The Bertz CT molecular complexity index is 735. The van der Waals surface area contributed by atoms with Gasteiger partial charge < -0.3 is 14.6 Å². The molecule has 1 aromatic heterocycles. The van der Waals surface area contributed by atoms with Gasteiger partial charge in [0.1, 0.15) is 12.5 Å². The molecule has 2 heterocycles. The van der Waals surface area contributed by atoms with Crippen LogP contribution in [0.4, 0.5) is 0 Å². The molecule has 25 heavy (non-hydrogen) atoms. The Morgan fingerprint density at radius 3 is 2.76 bits per heavy atom. The second-order valence-corrected chi connectivity index (χ2v) is 6.70. The zero-order chi connectivity index (χ0) is 18.4. The lowest BCUT2D eigenvalue weighted by Gasteiger charge is -2.17. The molecule has 6 nitrogen and oxygen atoms in total. The summed E-state index contributed by atoms with van der Waals surface area (Å²) in [6.07, 6.45) is 1.59. The molecule has 0 aliphatic carbocycles. The lowest BCUT2D eigenvalue weighted by Crippen LogP contribution is -2.24. The number of nitrogens with two attached hydrogens (primary N) is 1. The van der Waals surface area contributed by atoms with E-state index in [4.69, 9.17) is 43.5 Å². The number of fused-ring (bicyclic) bond motifs is 1. The van der Waals surface area contributed by atoms with Gasteiger partial charge in [-0.3, -0.25) is 10.5 Å². The van der Waals surface area contributed by atoms with Crippen molar-refractivity contribution in [2.24, 2.45) is 5.73 Å². The number of rotatable bonds is 4. The van der Waals surface area contributed by atoms with Gasteiger partial charge in [0, 0.05) is 24.4 Å². The van der Waals surface area contributed by atoms with Crippen molar-refractivity contribution in [3.63, 3.8) is 0 Å². The normalized spacial score (nSPS) is 15.6. The molecule has 3 rings (SSSR count). The first-order chi connectivity index (χ1) is 11.8. The fraction of sp³-hybridized carbons (Fsp3) is 0.294. The Labute approximate surface area is 155 Å². The molecule has 2 aromatic rings. The number of carboxylic acids is 1. The number of alkyl halides is 2. The molecule has 134 valence electrons. The average Bonchev–Trinajstić information content (AvgIpc) is 2.99. The fourth-order valence-corrected chi connectivity index (χ4v) is 2.74. The first kappa shape index (κ1) is 19.5. The first-order valence-electron chi connectivity index (χ1n) is 7.39. The van der Waals surface area contributed by atoms with Gasteiger partial charge >= 0.3 is 5.97 Å². The summed E-state index contributed by atoms with van der Waals surface area (Å²) in [7, 11) is 1.61. The number of hydrogen-bond donors (Lipinski definition) is 2. The summed E-state index contributed by atoms with van der Waals surface area (Å²) in [5.41, 5.74) is 7.82. The van der Waals surface area contributed by atoms with Crippen LogP contribution in [0.15, 0.2) is 42.6 Å². The summed E-state index contributed by atoms with van der Waals surface area (Å²) >= 11 is 11.6. The standard InChI is InChI=1S/C9H11Cl2NO.C8H7NO3/c1-13-6-7-4-2-3-5-8(7)9(10,11)12;10-8(11)6-4-12-7-5(6)2-1-3-9-7/h2-5H,6,12H2,1H3;1-3,6H,4H2,(H,10,11). The third kappa shape index (κ3) is 5.06. The van der Waals surface area contributed by atoms with E-state index >= 15 is 0 Å². The highest BCUT2D eigenvalue weighted by Crippen LogP contribution is 2.31. The van der Waals surface area contributed by atoms with Gasteiger partial charge in [-0.05, 0) is 11.6 Å². The minimum Gasteiger partial charge on any atom is -0.481 e. The third-order valence-electron chi connectivity index (χ3n) is 3.54. The zero-order valence-corrected chi connectivity index (χ0v) is 15.0. The van der Waals surface area contributed by atoms with E-state index in [0.717, 1.165) is 5.56 Å². The summed E-state index contributed by atoms with van der Waals surface area (Å²) in [6, 6.07) is 10.8. The molecule has 0 amide bonds. The number of benzene rings is 1. The van der Waals surface area contributed by atoms with Gasteiger partial charge in [0.25, 0.3) is 0 Å². The van der Waals surface area contributed by atoms with E-state index in [1.807, 2.05) is 18.2 Å². The average molecular weight is 385 g/mol. The summed E-state index contributed by atoms with van der Waals surface area (Å²) in [4.78, 5) is 14.6. The van der Waals surface area contributed by atoms with Crippen molar-refractivity contribution in [3.8, 4) is 5.88 Å². The number of halogens is 2. The highest BCUT2D eigenvalue weighted by molar-refractivity contribution is 6.47. The van der Waals surface area contributed by atoms with E-state index in [-0.39, 0.29) is 6.61 Å². The molecule has 8 heteroatoms. The van der Waals surface area contributed by atoms with Crippen molar-refractivity contribution in [3.05, 3.63) is 59.3 Å². The summed E-state index contributed by atoms with van der Waals surface area (Å²) in [5, 5.41) is 8.75. The van der Waals surface area contributed by atoms with Gasteiger partial charge in [-0.2, -0.15) is 0 Å². The first-order valence-corrected chi connectivity index (χ1v) is 8.14. The molecule has 0 fully saturated rings. The number of nitrogens with zero attached hydrogens (tertiary/aromatic N) is 1. The molecule has 0 saturated carbocycles. The number of hydrogen-bond acceptors (Lipinski definition) is 5. The van der Waals surface area contributed by atoms with E-state index < -0.39 is 16.3 Å². The van der Waals surface area contributed by atoms with Gasteiger partial charge in [0.2, 0.25) is 5.88 Å². The number of aromatic nitrogens is 1. The van der Waals surface area contributed by atoms with Crippen LogP contribution in [0, 0.1) is 0 Å². The Kier molecular flexibility index (Phi) is 6.61. The zero-order valence-electron chi connectivity index (χ0n) is 13.5. The summed E-state index contributed by atoms with van der Waals surface area (Å²) in [6.45, 7) is 0.649. The van der Waals surface area contributed by atoms with Crippen LogP contribution in [0.25, 0.3) is 0 Å². The van der Waals surface area contributed by atoms with Gasteiger partial charge in [-0.25, -0.2) is 4.98 Å². The van der Waals surface area contributed by atoms with Crippen molar-refractivity contribution in [2.75, 3.05) is 13.7 Å². The number of ether oxygens (including phenoxy) is 2. The van der Waals surface area contributed by atoms with Gasteiger partial charge in [-0.15, -0.1) is 0 Å². The second kappa shape index (κ2) is 8.49. The van der Waals surface area contributed by atoms with Crippen LogP contribution in [0.5, 0.6) is 5.88 Å². The quantitative estimate of drug-likeness (QED) is 0.621. The van der Waals surface area contributed by atoms with E-state index in [9.17, 15) is 4.79 Å². The van der Waals surface area contributed by atoms with Crippen LogP contribution >= 0.6 is 23.2 Å². The molecule has 3 N–H and O–H groups in total. The van der Waals surface area contributed by atoms with E-state index in [0.29, 0.717) is 23.6 Å². The van der Waals surface area contributed by atoms with Crippen LogP contribution in [-0.4, -0.2) is 29.8 Å². The van der Waals surface area contributed by atoms with Gasteiger partial charge in [0.05, 0.1) is 6.61 Å². The smallest absolute Gasteiger partial charge is 0.314 e. The Morgan fingerprint density at radius 1 is 1.40 bits per heavy atom. The van der Waals surface area contributed by atoms with E-state index in [2.05, 4.69) is 4.98 Å². The monoisotopic (exact) mass is 384 g/mol. The Morgan fingerprint density at radius 2 is 2.12 bits per heavy atom. The Hall–Kier alpha value is -1.86. The molecule has 0 spiro atoms. The van der Waals surface area contributed by atoms with E-state index in [1.165, 1.54) is 0 Å². The predicted molar refractivity (Wildman–Crippen MR) is 94.8 cm³/mol. The number of pyridine rings is 1. The number of methoxy groups -OCH3 is 1. The Balaban J connectivity index is 0.000000181. The lowest BCUT2D eigenvalue weighted by molar-refractivity contribution is -0.138. The minimum absolute atomic E-state index is 0.196. The predicted octanol–water partition coefficient (Wildman–Crippen LogP) is 3.02. The molecule has 1 atom stereocenters. The molecule has 0 bridgehead atoms. The molecular formula is C17H18Cl2N2O4. The molecule has 1 aliphatic heterocycles. The molecule has 1 aliphatic rings. The SMILES string of the molecule is COCc1ccccc1C(N)(Cl)Cl.O=C(O)C1COc2ncccc21. The maximum atomic E-state index is 10.7. The topological polar surface area (TPSA) is 94.7 Å². The van der Waals surface area contributed by atoms with Gasteiger partial charge in [0.15, 0.2) is 4.46 Å². The molecular weight excluding hydrogens is 367 g/mol. The molecule has 1 unspecified atom stereocenters. The van der Waals surface area contributed by atoms with Crippen molar-refractivity contribution in [2.45, 2.75) is 17.0 Å². The maximum absolute atomic E-state index is 10.7. The highest BCUT2D eigenvalue weighted by atomic mass is 35.5. The van der Waals surface area contributed by atoms with Crippen molar-refractivity contribution >= 4 is 29.2 Å². The molecule has 1 aromatic carbocycles. The summed E-state index contributed by atoms with van der Waals surface area (Å²) in [5.74, 6) is -0.958. The van der Waals surface area contributed by atoms with Gasteiger partial charge in [-0.1, -0.05) is 53.5 Å². The number of aliphatic carboxylic acids is 1. The fourth-order valence-electron chi connectivity index (χ4n) is 2.37. The molecule has 0 saturated heterocycles. The van der Waals surface area contributed by atoms with E-state index in [1.54, 1.807) is 31.5 Å².